The second-order valence-corrected chi connectivity index (χ2v) is 4.98. The van der Waals surface area contributed by atoms with Crippen molar-refractivity contribution in [3.63, 3.8) is 0 Å². The second kappa shape index (κ2) is 5.48. The van der Waals surface area contributed by atoms with E-state index in [4.69, 9.17) is 0 Å². The Morgan fingerprint density at radius 1 is 1.38 bits per heavy atom. The fourth-order valence-corrected chi connectivity index (χ4v) is 2.43. The molecule has 1 aromatic rings. The zero-order valence-corrected chi connectivity index (χ0v) is 10.8. The van der Waals surface area contributed by atoms with Crippen LogP contribution in [-0.4, -0.2) is 17.8 Å². The minimum atomic E-state index is 0.161. The minimum Gasteiger partial charge on any atom is -0.355 e. The molecular formula is C13H16BrNO. The van der Waals surface area contributed by atoms with Gasteiger partial charge in [0.05, 0.1) is 0 Å². The average molecular weight is 282 g/mol. The molecule has 0 bridgehead atoms. The summed E-state index contributed by atoms with van der Waals surface area (Å²) in [5.74, 6) is 0.364. The number of carbonyl (C=O) groups excluding carboxylic acids is 1. The highest BCUT2D eigenvalue weighted by molar-refractivity contribution is 9.09. The lowest BCUT2D eigenvalue weighted by atomic mass is 9.83. The van der Waals surface area contributed by atoms with Crippen LogP contribution in [-0.2, 0) is 17.6 Å². The van der Waals surface area contributed by atoms with Gasteiger partial charge in [-0.15, -0.1) is 0 Å². The summed E-state index contributed by atoms with van der Waals surface area (Å²) in [5.41, 5.74) is 2.75. The van der Waals surface area contributed by atoms with Gasteiger partial charge in [0.25, 0.3) is 0 Å². The van der Waals surface area contributed by atoms with Crippen molar-refractivity contribution in [3.8, 4) is 0 Å². The Hall–Kier alpha value is -0.830. The third-order valence-electron chi connectivity index (χ3n) is 3.11. The summed E-state index contributed by atoms with van der Waals surface area (Å²) in [5, 5.41) is 3.77. The van der Waals surface area contributed by atoms with Crippen LogP contribution < -0.4 is 5.32 Å². The van der Waals surface area contributed by atoms with E-state index in [2.05, 4.69) is 45.5 Å². The summed E-state index contributed by atoms with van der Waals surface area (Å²) in [6, 6.07) is 8.43. The highest BCUT2D eigenvalue weighted by atomic mass is 79.9. The van der Waals surface area contributed by atoms with E-state index in [0.29, 0.717) is 0 Å². The zero-order chi connectivity index (χ0) is 11.4. The number of alkyl halides is 1. The minimum absolute atomic E-state index is 0.161. The first-order chi connectivity index (χ1) is 7.81. The smallest absolute Gasteiger partial charge is 0.223 e. The van der Waals surface area contributed by atoms with Gasteiger partial charge in [0, 0.05) is 17.8 Å². The SMILES string of the molecule is O=C(NCCBr)C1CCc2ccccc2C1. The molecule has 16 heavy (non-hydrogen) atoms. The molecule has 0 aromatic heterocycles. The predicted molar refractivity (Wildman–Crippen MR) is 68.8 cm³/mol. The maximum atomic E-state index is 11.8. The van der Waals surface area contributed by atoms with Crippen molar-refractivity contribution < 1.29 is 4.79 Å². The van der Waals surface area contributed by atoms with Crippen molar-refractivity contribution in [2.75, 3.05) is 11.9 Å². The number of aryl methyl sites for hydroxylation is 1. The van der Waals surface area contributed by atoms with E-state index in [1.54, 1.807) is 0 Å². The average Bonchev–Trinajstić information content (AvgIpc) is 2.35. The molecule has 1 unspecified atom stereocenters. The summed E-state index contributed by atoms with van der Waals surface area (Å²) in [7, 11) is 0. The molecule has 1 aliphatic rings. The van der Waals surface area contributed by atoms with Crippen molar-refractivity contribution in [1.29, 1.82) is 0 Å². The van der Waals surface area contributed by atoms with Crippen LogP contribution in [0.1, 0.15) is 17.5 Å². The fraction of sp³-hybridized carbons (Fsp3) is 0.462. The molecule has 3 heteroatoms. The number of hydrogen-bond donors (Lipinski definition) is 1. The van der Waals surface area contributed by atoms with E-state index in [9.17, 15) is 4.79 Å². The standard InChI is InChI=1S/C13H16BrNO/c14-7-8-15-13(16)12-6-5-10-3-1-2-4-11(10)9-12/h1-4,12H,5-9H2,(H,15,16). The maximum Gasteiger partial charge on any atom is 0.223 e. The number of carbonyl (C=O) groups is 1. The summed E-state index contributed by atoms with van der Waals surface area (Å²) >= 11 is 3.31. The molecule has 2 nitrogen and oxygen atoms in total. The highest BCUT2D eigenvalue weighted by Gasteiger charge is 2.23. The van der Waals surface area contributed by atoms with Crippen LogP contribution in [0.3, 0.4) is 0 Å². The summed E-state index contributed by atoms with van der Waals surface area (Å²) < 4.78 is 0. The van der Waals surface area contributed by atoms with Crippen molar-refractivity contribution in [2.24, 2.45) is 5.92 Å². The Labute approximate surface area is 105 Å². The van der Waals surface area contributed by atoms with Crippen LogP contribution >= 0.6 is 15.9 Å². The first-order valence-electron chi connectivity index (χ1n) is 5.71. The Morgan fingerprint density at radius 3 is 2.88 bits per heavy atom. The molecule has 1 atom stereocenters. The lowest BCUT2D eigenvalue weighted by Gasteiger charge is -2.23. The third kappa shape index (κ3) is 2.64. The van der Waals surface area contributed by atoms with Crippen molar-refractivity contribution >= 4 is 21.8 Å². The summed E-state index contributed by atoms with van der Waals surface area (Å²) in [6.45, 7) is 0.719. The summed E-state index contributed by atoms with van der Waals surface area (Å²) in [4.78, 5) is 11.8. The number of amides is 1. The van der Waals surface area contributed by atoms with Gasteiger partial charge in [0.2, 0.25) is 5.91 Å². The second-order valence-electron chi connectivity index (χ2n) is 4.19. The predicted octanol–water partition coefficient (Wildman–Crippen LogP) is 2.30. The van der Waals surface area contributed by atoms with Crippen LogP contribution in [0.4, 0.5) is 0 Å². The molecule has 0 saturated heterocycles. The van der Waals surface area contributed by atoms with Gasteiger partial charge in [0.15, 0.2) is 0 Å². The van der Waals surface area contributed by atoms with Gasteiger partial charge in [0.1, 0.15) is 0 Å². The molecule has 86 valence electrons. The number of nitrogens with one attached hydrogen (secondary N) is 1. The topological polar surface area (TPSA) is 29.1 Å². The largest absolute Gasteiger partial charge is 0.355 e. The lowest BCUT2D eigenvalue weighted by molar-refractivity contribution is -0.125. The number of benzene rings is 1. The molecule has 1 N–H and O–H groups in total. The Bertz CT molecular complexity index is 378. The molecule has 1 aromatic carbocycles. The third-order valence-corrected chi connectivity index (χ3v) is 3.51. The van der Waals surface area contributed by atoms with E-state index in [-0.39, 0.29) is 11.8 Å². The van der Waals surface area contributed by atoms with Crippen LogP contribution in [0.15, 0.2) is 24.3 Å². The molecule has 2 rings (SSSR count). The number of hydrogen-bond acceptors (Lipinski definition) is 1. The molecule has 1 amide bonds. The van der Waals surface area contributed by atoms with Gasteiger partial charge in [-0.2, -0.15) is 0 Å². The first kappa shape index (κ1) is 11.6. The van der Waals surface area contributed by atoms with E-state index in [0.717, 1.165) is 31.1 Å². The lowest BCUT2D eigenvalue weighted by Crippen LogP contribution is -2.35. The van der Waals surface area contributed by atoms with E-state index >= 15 is 0 Å². The Balaban J connectivity index is 1.99. The van der Waals surface area contributed by atoms with Crippen molar-refractivity contribution in [3.05, 3.63) is 35.4 Å². The van der Waals surface area contributed by atoms with E-state index < -0.39 is 0 Å². The monoisotopic (exact) mass is 281 g/mol. The van der Waals surface area contributed by atoms with Crippen LogP contribution in [0.5, 0.6) is 0 Å². The van der Waals surface area contributed by atoms with Gasteiger partial charge in [-0.1, -0.05) is 40.2 Å². The molecule has 0 heterocycles. The number of halogens is 1. The van der Waals surface area contributed by atoms with Crippen LogP contribution in [0, 0.1) is 5.92 Å². The van der Waals surface area contributed by atoms with Crippen LogP contribution in [0.2, 0.25) is 0 Å². The number of rotatable bonds is 3. The molecule has 0 aliphatic heterocycles. The van der Waals surface area contributed by atoms with E-state index in [1.165, 1.54) is 11.1 Å². The van der Waals surface area contributed by atoms with Gasteiger partial charge in [-0.05, 0) is 30.4 Å². The summed E-state index contributed by atoms with van der Waals surface area (Å²) in [6.07, 6.45) is 2.90. The molecule has 1 aliphatic carbocycles. The Kier molecular flexibility index (Phi) is 3.99. The number of fused-ring (bicyclic) bond motifs is 1. The maximum absolute atomic E-state index is 11.8. The van der Waals surface area contributed by atoms with E-state index in [1.807, 2.05) is 0 Å². The van der Waals surface area contributed by atoms with Gasteiger partial charge < -0.3 is 5.32 Å². The van der Waals surface area contributed by atoms with Crippen LogP contribution in [0.25, 0.3) is 0 Å². The Morgan fingerprint density at radius 2 is 2.12 bits per heavy atom. The normalized spacial score (nSPS) is 18.9. The van der Waals surface area contributed by atoms with Crippen molar-refractivity contribution in [2.45, 2.75) is 19.3 Å². The van der Waals surface area contributed by atoms with Gasteiger partial charge in [-0.25, -0.2) is 0 Å². The van der Waals surface area contributed by atoms with Crippen molar-refractivity contribution in [1.82, 2.24) is 5.32 Å². The quantitative estimate of drug-likeness (QED) is 0.847. The fourth-order valence-electron chi connectivity index (χ4n) is 2.24. The molecule has 0 fully saturated rings. The molecule has 0 spiro atoms. The molecular weight excluding hydrogens is 266 g/mol. The van der Waals surface area contributed by atoms with Gasteiger partial charge >= 0.3 is 0 Å². The molecule has 0 saturated carbocycles. The highest BCUT2D eigenvalue weighted by Crippen LogP contribution is 2.25. The first-order valence-corrected chi connectivity index (χ1v) is 6.84. The van der Waals surface area contributed by atoms with Gasteiger partial charge in [-0.3, -0.25) is 4.79 Å². The zero-order valence-electron chi connectivity index (χ0n) is 9.21. The molecule has 0 radical (unpaired) electrons.